The fourth-order valence-corrected chi connectivity index (χ4v) is 13.1. The third kappa shape index (κ3) is 8.06. The molecule has 0 unspecified atom stereocenters. The lowest BCUT2D eigenvalue weighted by molar-refractivity contribution is 0.452. The van der Waals surface area contributed by atoms with Crippen LogP contribution in [0.5, 0.6) is 46.0 Å². The van der Waals surface area contributed by atoms with E-state index in [4.69, 9.17) is 38.9 Å². The van der Waals surface area contributed by atoms with Crippen LogP contribution in [0, 0.1) is 0 Å². The molecule has 0 radical (unpaired) electrons. The largest absolute Gasteiger partial charge is 0.458 e. The van der Waals surface area contributed by atoms with Gasteiger partial charge in [0.1, 0.15) is 46.0 Å². The lowest BCUT2D eigenvalue weighted by Gasteiger charge is -2.38. The van der Waals surface area contributed by atoms with Crippen LogP contribution in [-0.2, 0) is 0 Å². The van der Waals surface area contributed by atoms with Gasteiger partial charge in [-0.1, -0.05) is 140 Å². The van der Waals surface area contributed by atoms with Gasteiger partial charge < -0.3 is 28.7 Å². The summed E-state index contributed by atoms with van der Waals surface area (Å²) in [6, 6.07) is 87.3. The Balaban J connectivity index is 0.859. The van der Waals surface area contributed by atoms with Crippen LogP contribution in [-0.4, -0.2) is 33.4 Å². The van der Waals surface area contributed by atoms with E-state index in [0.717, 1.165) is 123 Å². The summed E-state index contributed by atoms with van der Waals surface area (Å²) in [5.74, 6) is 5.67. The number of benzene rings is 9. The van der Waals surface area contributed by atoms with Crippen LogP contribution in [0.4, 0.5) is 34.1 Å². The van der Waals surface area contributed by atoms with Crippen molar-refractivity contribution in [3.63, 3.8) is 0 Å². The second kappa shape index (κ2) is 20.1. The first-order valence-electron chi connectivity index (χ1n) is 28.7. The zero-order chi connectivity index (χ0) is 56.7. The van der Waals surface area contributed by atoms with E-state index in [1.165, 1.54) is 0 Å². The zero-order valence-electron chi connectivity index (χ0n) is 46.0. The number of rotatable bonds is 10. The highest BCUT2D eigenvalue weighted by molar-refractivity contribution is 7.01. The maximum absolute atomic E-state index is 7.39. The number of fused-ring (bicyclic) bond motifs is 8. The molecule has 0 atom stereocenters. The van der Waals surface area contributed by atoms with Crippen LogP contribution in [0.3, 0.4) is 0 Å². The molecule has 0 aliphatic carbocycles. The van der Waals surface area contributed by atoms with Crippen LogP contribution in [0.1, 0.15) is 0 Å². The van der Waals surface area contributed by atoms with E-state index in [1.54, 1.807) is 0 Å². The van der Waals surface area contributed by atoms with Gasteiger partial charge in [0.15, 0.2) is 0 Å². The van der Waals surface area contributed by atoms with Crippen LogP contribution >= 0.6 is 0 Å². The van der Waals surface area contributed by atoms with Crippen molar-refractivity contribution in [1.82, 2.24) is 19.9 Å². The summed E-state index contributed by atoms with van der Waals surface area (Å²) in [5, 5.41) is 0. The number of hydrogen-bond acceptors (Lipinski definition) is 10. The summed E-state index contributed by atoms with van der Waals surface area (Å²) < 4.78 is 28.9. The van der Waals surface area contributed by atoms with Gasteiger partial charge >= 0.3 is 0 Å². The van der Waals surface area contributed by atoms with E-state index in [0.29, 0.717) is 34.5 Å². The number of aromatic nitrogens is 4. The summed E-state index contributed by atoms with van der Waals surface area (Å²) in [6.07, 6.45) is 7.34. The van der Waals surface area contributed by atoms with Crippen LogP contribution in [0.25, 0.3) is 45.0 Å². The Morgan fingerprint density at radius 3 is 0.919 bits per heavy atom. The monoisotopic (exact) mass is 1100 g/mol. The average Bonchev–Trinajstić information content (AvgIpc) is 0.863. The Bertz CT molecular complexity index is 4380. The minimum Gasteiger partial charge on any atom is -0.458 e. The Morgan fingerprint density at radius 2 is 0.570 bits per heavy atom. The topological polar surface area (TPSA) is 95.0 Å². The molecular formula is C74H46B2N6O4. The maximum atomic E-state index is 7.39. The first-order valence-corrected chi connectivity index (χ1v) is 28.7. The van der Waals surface area contributed by atoms with Gasteiger partial charge in [-0.15, -0.1) is 0 Å². The minimum atomic E-state index is -0.256. The normalized spacial score (nSPS) is 12.5. The first kappa shape index (κ1) is 49.1. The molecule has 0 spiro atoms. The molecule has 402 valence electrons. The van der Waals surface area contributed by atoms with Crippen molar-refractivity contribution < 1.29 is 18.9 Å². The number of ether oxygens (including phenoxy) is 4. The molecular weight excluding hydrogens is 1060 g/mol. The van der Waals surface area contributed by atoms with Crippen molar-refractivity contribution >= 4 is 80.3 Å². The molecule has 10 nitrogen and oxygen atoms in total. The number of anilines is 6. The van der Waals surface area contributed by atoms with Gasteiger partial charge in [-0.25, -0.2) is 0 Å². The highest BCUT2D eigenvalue weighted by Crippen LogP contribution is 2.51. The van der Waals surface area contributed by atoms with Gasteiger partial charge in [-0.05, 0) is 107 Å². The predicted octanol–water partition coefficient (Wildman–Crippen LogP) is 14.3. The van der Waals surface area contributed by atoms with Crippen LogP contribution < -0.4 is 61.5 Å². The summed E-state index contributed by atoms with van der Waals surface area (Å²) in [5.41, 5.74) is 18.4. The third-order valence-electron chi connectivity index (χ3n) is 16.7. The molecule has 0 N–H and O–H groups in total. The molecule has 17 rings (SSSR count). The molecule has 4 aliphatic rings. The second-order valence-electron chi connectivity index (χ2n) is 21.6. The SMILES string of the molecule is c1ccc(N(c2cc3c4c(c2)Oc2cc5c(cc2B4c2ccccc2O3)B2c3ccccc3Oc3cc(N(c4ccccc4)c4c(-c6ccccn6)cccc4-c4ccccn4)cc(c32)O5)c2c(-c3ccccn3)cccc2-c2ccccn2)cc1. The van der Waals surface area contributed by atoms with Crippen molar-refractivity contribution in [1.29, 1.82) is 0 Å². The van der Waals surface area contributed by atoms with Crippen molar-refractivity contribution in [2.75, 3.05) is 9.80 Å². The van der Waals surface area contributed by atoms with Gasteiger partial charge in [-0.2, -0.15) is 0 Å². The molecule has 9 aromatic carbocycles. The summed E-state index contributed by atoms with van der Waals surface area (Å²) in [7, 11) is 0. The molecule has 8 heterocycles. The van der Waals surface area contributed by atoms with E-state index in [1.807, 2.05) is 97.6 Å². The van der Waals surface area contributed by atoms with Gasteiger partial charge in [0.05, 0.1) is 45.5 Å². The van der Waals surface area contributed by atoms with E-state index in [2.05, 4.69) is 192 Å². The zero-order valence-corrected chi connectivity index (χ0v) is 46.0. The molecule has 86 heavy (non-hydrogen) atoms. The third-order valence-corrected chi connectivity index (χ3v) is 16.7. The van der Waals surface area contributed by atoms with Gasteiger partial charge in [0.25, 0.3) is 13.4 Å². The maximum Gasteiger partial charge on any atom is 0.260 e. The van der Waals surface area contributed by atoms with Crippen molar-refractivity contribution in [3.8, 4) is 91.0 Å². The highest BCUT2D eigenvalue weighted by Gasteiger charge is 2.46. The van der Waals surface area contributed by atoms with Gasteiger partial charge in [-0.3, -0.25) is 19.9 Å². The Hall–Kier alpha value is -11.5. The van der Waals surface area contributed by atoms with Gasteiger partial charge in [0, 0.05) is 99.7 Å². The molecule has 4 aliphatic heterocycles. The lowest BCUT2D eigenvalue weighted by Crippen LogP contribution is -2.61. The summed E-state index contributed by atoms with van der Waals surface area (Å²) in [4.78, 5) is 24.2. The summed E-state index contributed by atoms with van der Waals surface area (Å²) in [6.45, 7) is -0.512. The predicted molar refractivity (Wildman–Crippen MR) is 344 cm³/mol. The molecule has 0 bridgehead atoms. The molecule has 0 fully saturated rings. The highest BCUT2D eigenvalue weighted by atomic mass is 16.5. The Morgan fingerprint density at radius 1 is 0.244 bits per heavy atom. The minimum absolute atomic E-state index is 0.256. The molecule has 4 aromatic heterocycles. The Labute approximate surface area is 497 Å². The molecule has 12 heteroatoms. The van der Waals surface area contributed by atoms with Crippen molar-refractivity contribution in [2.24, 2.45) is 0 Å². The smallest absolute Gasteiger partial charge is 0.260 e. The second-order valence-corrected chi connectivity index (χ2v) is 21.6. The quantitative estimate of drug-likeness (QED) is 0.123. The van der Waals surface area contributed by atoms with Gasteiger partial charge in [0.2, 0.25) is 0 Å². The fraction of sp³-hybridized carbons (Fsp3) is 0. The summed E-state index contributed by atoms with van der Waals surface area (Å²) >= 11 is 0. The fourth-order valence-electron chi connectivity index (χ4n) is 13.1. The molecule has 0 saturated carbocycles. The molecule has 0 saturated heterocycles. The van der Waals surface area contributed by atoms with E-state index < -0.39 is 0 Å². The number of nitrogens with zero attached hydrogens (tertiary/aromatic N) is 6. The van der Waals surface area contributed by atoms with E-state index >= 15 is 0 Å². The van der Waals surface area contributed by atoms with Crippen molar-refractivity contribution in [2.45, 2.75) is 0 Å². The molecule has 0 amide bonds. The Kier molecular flexibility index (Phi) is 11.5. The number of para-hydroxylation sites is 6. The van der Waals surface area contributed by atoms with Crippen molar-refractivity contribution in [3.05, 3.63) is 280 Å². The number of pyridine rings is 4. The number of hydrogen-bond donors (Lipinski definition) is 0. The van der Waals surface area contributed by atoms with E-state index in [9.17, 15) is 0 Å². The standard InChI is InChI=1S/C74H46B2N6O4/c1-3-21-47(22-4-1)81(73-51(59-31-11-15-37-77-59)25-19-26-52(73)60-32-12-16-38-78-60)49-41-67-71-69(43-49)85-65-46-66-58(45-57(65)75(71)55-29-7-9-35-63(55)83-67)76-56-30-8-10-36-64(56)84-68-42-50(44-70(86-66)72(68)76)82(48-23-5-2-6-24-48)74-53(61-33-13-17-39-79-61)27-20-28-54(74)62-34-14-18-40-80-62/h1-46H. The first-order chi connectivity index (χ1) is 42.7. The molecule has 13 aromatic rings. The van der Waals surface area contributed by atoms with E-state index in [-0.39, 0.29) is 13.4 Å². The van der Waals surface area contributed by atoms with Crippen LogP contribution in [0.15, 0.2) is 280 Å². The lowest BCUT2D eigenvalue weighted by atomic mass is 9.31. The average molecular weight is 1100 g/mol. The van der Waals surface area contributed by atoms with Crippen LogP contribution in [0.2, 0.25) is 0 Å².